The van der Waals surface area contributed by atoms with Gasteiger partial charge in [-0.1, -0.05) is 56.5 Å². The van der Waals surface area contributed by atoms with E-state index in [4.69, 9.17) is 5.10 Å². The molecule has 2 heterocycles. The maximum atomic E-state index is 13.8. The van der Waals surface area contributed by atoms with Gasteiger partial charge in [-0.3, -0.25) is 14.5 Å². The van der Waals surface area contributed by atoms with Crippen LogP contribution in [-0.4, -0.2) is 38.3 Å². The summed E-state index contributed by atoms with van der Waals surface area (Å²) >= 11 is 1.82. The summed E-state index contributed by atoms with van der Waals surface area (Å²) in [6.45, 7) is 3.86. The van der Waals surface area contributed by atoms with Gasteiger partial charge in [-0.2, -0.15) is 10.4 Å². The van der Waals surface area contributed by atoms with Crippen molar-refractivity contribution in [1.82, 2.24) is 14.7 Å². The summed E-state index contributed by atoms with van der Waals surface area (Å²) in [7, 11) is 0. The van der Waals surface area contributed by atoms with E-state index in [1.54, 1.807) is 13.0 Å². The van der Waals surface area contributed by atoms with Crippen molar-refractivity contribution in [2.24, 2.45) is 0 Å². The number of carbonyl (C=O) groups excluding carboxylic acids is 2. The van der Waals surface area contributed by atoms with Gasteiger partial charge in [0.15, 0.2) is 0 Å². The van der Waals surface area contributed by atoms with Gasteiger partial charge in [0.25, 0.3) is 11.8 Å². The first-order chi connectivity index (χ1) is 19.0. The Morgan fingerprint density at radius 3 is 2.41 bits per heavy atom. The SMILES string of the molecule is CCCSc1ccc(-c2nn(-c3ccccc3)cc2/C=C2/C(=O)N(C3CCCCC3)C(=O)C(C#N)=C2C)cc1. The number of nitriles is 1. The molecule has 5 rings (SSSR count). The number of para-hydroxylation sites is 1. The Hall–Kier alpha value is -3.89. The van der Waals surface area contributed by atoms with Gasteiger partial charge < -0.3 is 0 Å². The number of carbonyl (C=O) groups is 2. The molecule has 0 N–H and O–H groups in total. The van der Waals surface area contributed by atoms with Gasteiger partial charge in [0.05, 0.1) is 11.4 Å². The number of nitrogens with zero attached hydrogens (tertiary/aromatic N) is 4. The number of hydrogen-bond acceptors (Lipinski definition) is 5. The summed E-state index contributed by atoms with van der Waals surface area (Å²) in [6.07, 6.45) is 9.44. The highest BCUT2D eigenvalue weighted by molar-refractivity contribution is 7.99. The lowest BCUT2D eigenvalue weighted by Gasteiger charge is -2.36. The Morgan fingerprint density at radius 1 is 1.03 bits per heavy atom. The minimum Gasteiger partial charge on any atom is -0.271 e. The van der Waals surface area contributed by atoms with Crippen molar-refractivity contribution in [3.63, 3.8) is 0 Å². The van der Waals surface area contributed by atoms with Crippen molar-refractivity contribution in [2.75, 3.05) is 5.75 Å². The van der Waals surface area contributed by atoms with Crippen molar-refractivity contribution in [3.8, 4) is 23.0 Å². The van der Waals surface area contributed by atoms with Crippen LogP contribution in [0.25, 0.3) is 23.0 Å². The predicted octanol–water partition coefficient (Wildman–Crippen LogP) is 6.97. The second-order valence-electron chi connectivity index (χ2n) is 10.0. The quantitative estimate of drug-likeness (QED) is 0.185. The molecule has 0 atom stereocenters. The van der Waals surface area contributed by atoms with E-state index in [2.05, 4.69) is 37.3 Å². The molecule has 6 nitrogen and oxygen atoms in total. The molecule has 2 amide bonds. The monoisotopic (exact) mass is 536 g/mol. The zero-order chi connectivity index (χ0) is 27.4. The summed E-state index contributed by atoms with van der Waals surface area (Å²) in [5.74, 6) is 0.266. The topological polar surface area (TPSA) is 79.0 Å². The third kappa shape index (κ3) is 5.48. The molecule has 3 aromatic rings. The molecule has 0 bridgehead atoms. The van der Waals surface area contributed by atoms with Crippen LogP contribution >= 0.6 is 11.8 Å². The number of thioether (sulfide) groups is 1. The van der Waals surface area contributed by atoms with Crippen molar-refractivity contribution < 1.29 is 9.59 Å². The van der Waals surface area contributed by atoms with Crippen LogP contribution in [0.2, 0.25) is 0 Å². The number of hydrogen-bond donors (Lipinski definition) is 0. The molecule has 2 aliphatic rings. The van der Waals surface area contributed by atoms with Crippen molar-refractivity contribution in [2.45, 2.75) is 63.3 Å². The van der Waals surface area contributed by atoms with E-state index in [9.17, 15) is 14.9 Å². The normalized spacial score (nSPS) is 17.7. The van der Waals surface area contributed by atoms with Crippen molar-refractivity contribution in [1.29, 1.82) is 5.26 Å². The summed E-state index contributed by atoms with van der Waals surface area (Å²) in [6, 6.07) is 20.1. The molecule has 0 unspecified atom stereocenters. The Bertz CT molecular complexity index is 1470. The zero-order valence-corrected chi connectivity index (χ0v) is 23.2. The van der Waals surface area contributed by atoms with Crippen molar-refractivity contribution >= 4 is 29.7 Å². The molecule has 1 aromatic heterocycles. The van der Waals surface area contributed by atoms with Gasteiger partial charge in [0.1, 0.15) is 11.6 Å². The highest BCUT2D eigenvalue weighted by Gasteiger charge is 2.40. The van der Waals surface area contributed by atoms with Gasteiger partial charge in [-0.15, -0.1) is 11.8 Å². The number of aromatic nitrogens is 2. The molecule has 1 aliphatic carbocycles. The molecule has 1 fully saturated rings. The maximum Gasteiger partial charge on any atom is 0.271 e. The van der Waals surface area contributed by atoms with Crippen molar-refractivity contribution in [3.05, 3.63) is 83.1 Å². The first-order valence-corrected chi connectivity index (χ1v) is 14.6. The van der Waals surface area contributed by atoms with Gasteiger partial charge in [-0.05, 0) is 67.9 Å². The Balaban J connectivity index is 1.62. The lowest BCUT2D eigenvalue weighted by Crippen LogP contribution is -2.49. The van der Waals surface area contributed by atoms with E-state index in [0.29, 0.717) is 11.1 Å². The average Bonchev–Trinajstić information content (AvgIpc) is 3.40. The zero-order valence-electron chi connectivity index (χ0n) is 22.4. The van der Waals surface area contributed by atoms with Crippen LogP contribution in [0.3, 0.4) is 0 Å². The van der Waals surface area contributed by atoms with Crippen LogP contribution in [0.4, 0.5) is 0 Å². The minimum absolute atomic E-state index is 0.0423. The van der Waals surface area contributed by atoms with E-state index in [1.807, 2.05) is 53.0 Å². The largest absolute Gasteiger partial charge is 0.271 e. The van der Waals surface area contributed by atoms with Crippen LogP contribution in [0.1, 0.15) is 57.9 Å². The molecule has 0 radical (unpaired) electrons. The second-order valence-corrected chi connectivity index (χ2v) is 11.2. The fourth-order valence-corrected chi connectivity index (χ4v) is 6.05. The van der Waals surface area contributed by atoms with Gasteiger partial charge >= 0.3 is 0 Å². The maximum absolute atomic E-state index is 13.8. The van der Waals surface area contributed by atoms with Crippen LogP contribution in [0.5, 0.6) is 0 Å². The number of benzene rings is 2. The molecule has 2 aromatic carbocycles. The lowest BCUT2D eigenvalue weighted by molar-refractivity contribution is -0.143. The molecule has 1 aliphatic heterocycles. The van der Waals surface area contributed by atoms with Crippen LogP contribution in [-0.2, 0) is 9.59 Å². The molecular formula is C32H32N4O2S. The van der Waals surface area contributed by atoms with E-state index in [0.717, 1.165) is 66.8 Å². The highest BCUT2D eigenvalue weighted by atomic mass is 32.2. The number of rotatable bonds is 7. The number of imide groups is 1. The second kappa shape index (κ2) is 11.9. The van der Waals surface area contributed by atoms with Crippen LogP contribution in [0, 0.1) is 11.3 Å². The standard InChI is InChI=1S/C32H32N4O2S/c1-3-18-39-27-16-14-23(15-17-27)30-24(21-35(34-30)25-10-6-4-7-11-25)19-28-22(2)29(20-33)32(38)36(31(28)37)26-12-8-5-9-13-26/h4,6-7,10-11,14-17,19,21,26H,3,5,8-9,12-13,18H2,1-2H3/b28-19+. The van der Waals surface area contributed by atoms with Crippen LogP contribution in [0.15, 0.2) is 82.4 Å². The Morgan fingerprint density at radius 2 is 1.74 bits per heavy atom. The van der Waals surface area contributed by atoms with E-state index in [-0.39, 0.29) is 17.5 Å². The fraction of sp³-hybridized carbons (Fsp3) is 0.312. The average molecular weight is 537 g/mol. The summed E-state index contributed by atoms with van der Waals surface area (Å²) in [5.41, 5.74) is 4.16. The third-order valence-electron chi connectivity index (χ3n) is 7.38. The summed E-state index contributed by atoms with van der Waals surface area (Å²) in [4.78, 5) is 29.6. The summed E-state index contributed by atoms with van der Waals surface area (Å²) < 4.78 is 1.81. The van der Waals surface area contributed by atoms with Gasteiger partial charge in [-0.25, -0.2) is 4.68 Å². The Kier molecular flexibility index (Phi) is 8.13. The lowest BCUT2D eigenvalue weighted by atomic mass is 9.88. The molecular weight excluding hydrogens is 504 g/mol. The smallest absolute Gasteiger partial charge is 0.271 e. The van der Waals surface area contributed by atoms with Gasteiger partial charge in [0, 0.05) is 33.8 Å². The van der Waals surface area contributed by atoms with Gasteiger partial charge in [0.2, 0.25) is 0 Å². The molecule has 198 valence electrons. The molecule has 0 spiro atoms. The fourth-order valence-electron chi connectivity index (χ4n) is 5.29. The molecule has 7 heteroatoms. The predicted molar refractivity (Wildman–Crippen MR) is 155 cm³/mol. The molecule has 1 saturated carbocycles. The first kappa shape index (κ1) is 26.7. The first-order valence-electron chi connectivity index (χ1n) is 13.6. The van der Waals surface area contributed by atoms with Crippen LogP contribution < -0.4 is 0 Å². The highest BCUT2D eigenvalue weighted by Crippen LogP contribution is 2.34. The molecule has 39 heavy (non-hydrogen) atoms. The van der Waals surface area contributed by atoms with E-state index < -0.39 is 5.91 Å². The molecule has 0 saturated heterocycles. The van der Waals surface area contributed by atoms with E-state index in [1.165, 1.54) is 9.80 Å². The number of amides is 2. The minimum atomic E-state index is -0.468. The van der Waals surface area contributed by atoms with E-state index >= 15 is 0 Å². The summed E-state index contributed by atoms with van der Waals surface area (Å²) in [5, 5.41) is 14.8. The Labute approximate surface area is 234 Å². The third-order valence-corrected chi connectivity index (χ3v) is 8.59.